The minimum atomic E-state index is -0.0954. The molecule has 1 N–H and O–H groups in total. The quantitative estimate of drug-likeness (QED) is 0.555. The van der Waals surface area contributed by atoms with Crippen molar-refractivity contribution >= 4 is 11.5 Å². The molecule has 1 atom stereocenters. The molecule has 1 fully saturated rings. The molecule has 4 heteroatoms. The summed E-state index contributed by atoms with van der Waals surface area (Å²) in [6.07, 6.45) is 3.08. The van der Waals surface area contributed by atoms with Crippen molar-refractivity contribution in [1.29, 1.82) is 0 Å². The van der Waals surface area contributed by atoms with Crippen molar-refractivity contribution in [3.63, 3.8) is 0 Å². The number of nitrogens with one attached hydrogen (secondary N) is 1. The molecule has 4 nitrogen and oxygen atoms in total. The number of anilines is 1. The first-order valence-electron chi connectivity index (χ1n) is 11.7. The van der Waals surface area contributed by atoms with Gasteiger partial charge in [-0.05, 0) is 42.5 Å². The van der Waals surface area contributed by atoms with Gasteiger partial charge in [0.1, 0.15) is 6.10 Å². The Morgan fingerprint density at radius 3 is 2.06 bits per heavy atom. The first kappa shape index (κ1) is 20.9. The fourth-order valence-electron chi connectivity index (χ4n) is 4.85. The van der Waals surface area contributed by atoms with Gasteiger partial charge in [0, 0.05) is 30.9 Å². The number of ether oxygens (including phenoxy) is 1. The number of carbonyl (C=O) groups is 1. The van der Waals surface area contributed by atoms with Crippen LogP contribution in [0.1, 0.15) is 46.9 Å². The van der Waals surface area contributed by atoms with Crippen molar-refractivity contribution in [3.8, 4) is 0 Å². The van der Waals surface area contributed by atoms with Gasteiger partial charge in [-0.3, -0.25) is 4.79 Å². The van der Waals surface area contributed by atoms with Crippen LogP contribution in [0, 0.1) is 0 Å². The second-order valence-corrected chi connectivity index (χ2v) is 8.77. The number of hydrogen-bond donors (Lipinski definition) is 1. The summed E-state index contributed by atoms with van der Waals surface area (Å²) in [5.74, 6) is 0.229. The van der Waals surface area contributed by atoms with E-state index in [1.807, 2.05) is 36.4 Å². The summed E-state index contributed by atoms with van der Waals surface area (Å²) in [5, 5.41) is 3.39. The molecule has 3 aromatic rings. The number of rotatable bonds is 7. The Morgan fingerprint density at radius 2 is 1.44 bits per heavy atom. The molecule has 2 aliphatic rings. The summed E-state index contributed by atoms with van der Waals surface area (Å²) in [5.41, 5.74) is 4.21. The maximum atomic E-state index is 12.6. The maximum absolute atomic E-state index is 12.6. The molecule has 1 unspecified atom stereocenters. The van der Waals surface area contributed by atoms with E-state index in [4.69, 9.17) is 4.74 Å². The summed E-state index contributed by atoms with van der Waals surface area (Å²) in [4.78, 5) is 15.1. The molecule has 0 spiro atoms. The van der Waals surface area contributed by atoms with Crippen LogP contribution in [0.2, 0.25) is 0 Å². The molecular weight excluding hydrogens is 396 g/mol. The molecule has 1 saturated heterocycles. The second-order valence-electron chi connectivity index (χ2n) is 8.77. The van der Waals surface area contributed by atoms with Gasteiger partial charge in [0.25, 0.3) is 0 Å². The molecule has 0 radical (unpaired) electrons. The highest BCUT2D eigenvalue weighted by Gasteiger charge is 2.30. The average Bonchev–Trinajstić information content (AvgIpc) is 3.18. The highest BCUT2D eigenvalue weighted by atomic mass is 16.5. The van der Waals surface area contributed by atoms with Crippen molar-refractivity contribution in [2.24, 2.45) is 0 Å². The van der Waals surface area contributed by atoms with E-state index in [0.29, 0.717) is 0 Å². The van der Waals surface area contributed by atoms with E-state index in [1.165, 1.54) is 11.1 Å². The van der Waals surface area contributed by atoms with Gasteiger partial charge in [-0.25, -0.2) is 0 Å². The fourth-order valence-corrected chi connectivity index (χ4v) is 4.85. The van der Waals surface area contributed by atoms with E-state index in [-0.39, 0.29) is 24.0 Å². The number of piperidine rings is 1. The lowest BCUT2D eigenvalue weighted by Gasteiger charge is -2.34. The molecule has 5 rings (SSSR count). The van der Waals surface area contributed by atoms with Crippen LogP contribution in [0.3, 0.4) is 0 Å². The molecule has 32 heavy (non-hydrogen) atoms. The van der Waals surface area contributed by atoms with Crippen LogP contribution in [-0.2, 0) is 4.74 Å². The van der Waals surface area contributed by atoms with Gasteiger partial charge in [-0.1, -0.05) is 72.8 Å². The summed E-state index contributed by atoms with van der Waals surface area (Å²) in [7, 11) is 0. The van der Waals surface area contributed by atoms with Crippen LogP contribution in [0.5, 0.6) is 0 Å². The lowest BCUT2D eigenvalue weighted by molar-refractivity contribution is -0.0271. The van der Waals surface area contributed by atoms with Crippen molar-refractivity contribution in [3.05, 3.63) is 102 Å². The minimum absolute atomic E-state index is 0.0345. The van der Waals surface area contributed by atoms with Crippen LogP contribution in [0.15, 0.2) is 84.9 Å². The second kappa shape index (κ2) is 9.68. The summed E-state index contributed by atoms with van der Waals surface area (Å²) >= 11 is 0. The lowest BCUT2D eigenvalue weighted by Crippen LogP contribution is -2.40. The average molecular weight is 427 g/mol. The molecule has 0 amide bonds. The molecule has 0 bridgehead atoms. The predicted molar refractivity (Wildman–Crippen MR) is 128 cm³/mol. The van der Waals surface area contributed by atoms with Crippen LogP contribution < -0.4 is 5.32 Å². The Morgan fingerprint density at radius 1 is 0.844 bits per heavy atom. The van der Waals surface area contributed by atoms with E-state index in [9.17, 15) is 4.79 Å². The summed E-state index contributed by atoms with van der Waals surface area (Å²) in [6.45, 7) is 2.95. The smallest absolute Gasteiger partial charge is 0.187 e. The zero-order chi connectivity index (χ0) is 21.8. The molecule has 2 heterocycles. The van der Waals surface area contributed by atoms with E-state index in [1.54, 1.807) is 0 Å². The van der Waals surface area contributed by atoms with Crippen molar-refractivity contribution < 1.29 is 9.53 Å². The van der Waals surface area contributed by atoms with Gasteiger partial charge in [0.15, 0.2) is 5.78 Å². The number of Topliss-reactive ketones (excluding diaryl/α,β-unsaturated/α-hetero) is 1. The van der Waals surface area contributed by atoms with E-state index >= 15 is 0 Å². The van der Waals surface area contributed by atoms with Crippen molar-refractivity contribution in [2.75, 3.05) is 25.0 Å². The van der Waals surface area contributed by atoms with Crippen molar-refractivity contribution in [2.45, 2.75) is 37.5 Å². The number of fused-ring (bicyclic) bond motifs is 1. The molecule has 164 valence electrons. The number of carbonyl (C=O) groups excluding carboxylic acids is 1. The van der Waals surface area contributed by atoms with Gasteiger partial charge in [0.2, 0.25) is 0 Å². The molecular formula is C28H30N2O2. The third-order valence-corrected chi connectivity index (χ3v) is 6.64. The highest BCUT2D eigenvalue weighted by molar-refractivity contribution is 6.10. The van der Waals surface area contributed by atoms with Crippen LogP contribution in [0.4, 0.5) is 5.69 Å². The van der Waals surface area contributed by atoms with Crippen LogP contribution in [-0.4, -0.2) is 42.5 Å². The van der Waals surface area contributed by atoms with Gasteiger partial charge in [-0.2, -0.15) is 0 Å². The number of nitrogens with zero attached hydrogens (tertiary/aromatic N) is 1. The number of hydrogen-bond acceptors (Lipinski definition) is 4. The molecule has 0 aromatic heterocycles. The molecule has 2 aliphatic heterocycles. The Balaban J connectivity index is 1.15. The summed E-state index contributed by atoms with van der Waals surface area (Å²) < 4.78 is 6.66. The monoisotopic (exact) mass is 426 g/mol. The number of ketones is 1. The molecule has 3 aromatic carbocycles. The predicted octanol–water partition coefficient (Wildman–Crippen LogP) is 5.32. The maximum Gasteiger partial charge on any atom is 0.187 e. The van der Waals surface area contributed by atoms with Crippen LogP contribution in [0.25, 0.3) is 0 Å². The zero-order valence-corrected chi connectivity index (χ0v) is 18.3. The van der Waals surface area contributed by atoms with E-state index in [0.717, 1.165) is 50.1 Å². The minimum Gasteiger partial charge on any atom is -0.374 e. The Labute approximate surface area is 190 Å². The molecule has 0 saturated carbocycles. The first-order valence-corrected chi connectivity index (χ1v) is 11.7. The fraction of sp³-hybridized carbons (Fsp3) is 0.321. The highest BCUT2D eigenvalue weighted by Crippen LogP contribution is 2.30. The topological polar surface area (TPSA) is 41.6 Å². The van der Waals surface area contributed by atoms with Gasteiger partial charge in [0.05, 0.1) is 12.1 Å². The Hall–Kier alpha value is -2.95. The zero-order valence-electron chi connectivity index (χ0n) is 18.3. The van der Waals surface area contributed by atoms with Gasteiger partial charge >= 0.3 is 0 Å². The number of para-hydroxylation sites is 1. The Bertz CT molecular complexity index is 990. The third kappa shape index (κ3) is 4.62. The Kier molecular flexibility index (Phi) is 6.33. The SMILES string of the molecule is O=C1c2ccccc2NC1CCN1CCC(OC(c2ccccc2)c2ccccc2)CC1. The third-order valence-electron chi connectivity index (χ3n) is 6.64. The largest absolute Gasteiger partial charge is 0.374 e. The first-order chi connectivity index (χ1) is 15.8. The molecule has 0 aliphatic carbocycles. The number of likely N-dealkylation sites (tertiary alicyclic amines) is 1. The standard InChI is InChI=1S/C28H30N2O2/c31-27-24-13-7-8-14-25(24)29-26(27)17-20-30-18-15-23(16-19-30)32-28(21-9-3-1-4-10-21)22-11-5-2-6-12-22/h1-14,23,26,28-29H,15-20H2. The lowest BCUT2D eigenvalue weighted by atomic mass is 10.00. The van der Waals surface area contributed by atoms with Crippen molar-refractivity contribution in [1.82, 2.24) is 4.90 Å². The van der Waals surface area contributed by atoms with Gasteiger partial charge < -0.3 is 15.0 Å². The van der Waals surface area contributed by atoms with E-state index in [2.05, 4.69) is 58.7 Å². The van der Waals surface area contributed by atoms with Gasteiger partial charge in [-0.15, -0.1) is 0 Å². The van der Waals surface area contributed by atoms with Crippen LogP contribution >= 0.6 is 0 Å². The normalized spacial score (nSPS) is 19.2. The number of benzene rings is 3. The summed E-state index contributed by atoms with van der Waals surface area (Å²) in [6, 6.07) is 28.7. The van der Waals surface area contributed by atoms with E-state index < -0.39 is 0 Å².